The maximum atomic E-state index is 13.5. The average molecular weight is 414 g/mol. The minimum absolute atomic E-state index is 0.0375. The van der Waals surface area contributed by atoms with Crippen molar-refractivity contribution in [3.8, 4) is 0 Å². The van der Waals surface area contributed by atoms with Gasteiger partial charge in [-0.15, -0.1) is 0 Å². The van der Waals surface area contributed by atoms with E-state index in [2.05, 4.69) is 51.2 Å². The van der Waals surface area contributed by atoms with Crippen LogP contribution in [0.15, 0.2) is 18.2 Å². The van der Waals surface area contributed by atoms with E-state index in [-0.39, 0.29) is 23.2 Å². The minimum Gasteiger partial charge on any atom is -0.480 e. The van der Waals surface area contributed by atoms with E-state index in [1.54, 1.807) is 0 Å². The summed E-state index contributed by atoms with van der Waals surface area (Å²) in [6.07, 6.45) is 5.34. The summed E-state index contributed by atoms with van der Waals surface area (Å²) in [4.78, 5) is 25.2. The molecule has 3 rings (SSSR count). The van der Waals surface area contributed by atoms with Crippen LogP contribution in [0.25, 0.3) is 0 Å². The number of amides is 1. The van der Waals surface area contributed by atoms with Crippen molar-refractivity contribution in [2.45, 2.75) is 97.4 Å². The van der Waals surface area contributed by atoms with Gasteiger partial charge in [0.1, 0.15) is 6.04 Å². The smallest absolute Gasteiger partial charge is 0.326 e. The van der Waals surface area contributed by atoms with Crippen LogP contribution < -0.4 is 5.32 Å². The van der Waals surface area contributed by atoms with Crippen LogP contribution in [0.2, 0.25) is 0 Å². The molecule has 1 saturated carbocycles. The molecule has 166 valence electrons. The number of carboxylic acid groups (broad SMARTS) is 1. The van der Waals surface area contributed by atoms with Crippen molar-refractivity contribution in [2.75, 3.05) is 0 Å². The van der Waals surface area contributed by atoms with Gasteiger partial charge in [0.05, 0.1) is 5.41 Å². The Morgan fingerprint density at radius 3 is 2.47 bits per heavy atom. The minimum atomic E-state index is -0.936. The topological polar surface area (TPSA) is 66.4 Å². The van der Waals surface area contributed by atoms with Gasteiger partial charge in [0.2, 0.25) is 5.91 Å². The molecule has 4 nitrogen and oxygen atoms in total. The highest BCUT2D eigenvalue weighted by Gasteiger charge is 2.55. The molecule has 2 aliphatic carbocycles. The summed E-state index contributed by atoms with van der Waals surface area (Å²) in [5.41, 5.74) is 3.65. The Labute approximate surface area is 181 Å². The number of carboxylic acids is 1. The van der Waals surface area contributed by atoms with E-state index in [1.165, 1.54) is 16.7 Å². The van der Waals surface area contributed by atoms with Crippen molar-refractivity contribution in [1.82, 2.24) is 5.32 Å². The second-order valence-corrected chi connectivity index (χ2v) is 10.8. The fourth-order valence-electron chi connectivity index (χ4n) is 6.16. The normalized spacial score (nSPS) is 29.3. The number of nitrogens with one attached hydrogen (secondary N) is 1. The third-order valence-electron chi connectivity index (χ3n) is 7.87. The van der Waals surface area contributed by atoms with Crippen LogP contribution in [0.1, 0.15) is 96.3 Å². The molecule has 2 N–H and O–H groups in total. The van der Waals surface area contributed by atoms with Gasteiger partial charge >= 0.3 is 5.97 Å². The summed E-state index contributed by atoms with van der Waals surface area (Å²) < 4.78 is 0. The van der Waals surface area contributed by atoms with Gasteiger partial charge in [-0.05, 0) is 72.0 Å². The SMILES string of the molecule is CC(C)C[C@H](NC(=O)[C@]1(C)CCC[C@]2(C)c3ccc(C(C)C)cc3CC[C@@H]12)C(=O)O. The molecule has 1 fully saturated rings. The molecule has 4 heteroatoms. The summed E-state index contributed by atoms with van der Waals surface area (Å²) in [5.74, 6) is -0.0579. The first-order valence-corrected chi connectivity index (χ1v) is 11.7. The van der Waals surface area contributed by atoms with E-state index in [0.717, 1.165) is 32.1 Å². The molecular formula is C26H39NO3. The van der Waals surface area contributed by atoms with Gasteiger partial charge < -0.3 is 10.4 Å². The number of benzene rings is 1. The maximum absolute atomic E-state index is 13.5. The second-order valence-electron chi connectivity index (χ2n) is 10.8. The molecule has 2 aliphatic rings. The van der Waals surface area contributed by atoms with Crippen molar-refractivity contribution < 1.29 is 14.7 Å². The number of aryl methyl sites for hydroxylation is 1. The number of aliphatic carboxylic acids is 1. The molecule has 0 aliphatic heterocycles. The lowest BCUT2D eigenvalue weighted by Gasteiger charge is -2.54. The van der Waals surface area contributed by atoms with E-state index in [0.29, 0.717) is 12.3 Å². The third-order valence-corrected chi connectivity index (χ3v) is 7.87. The molecule has 4 atom stereocenters. The lowest BCUT2D eigenvalue weighted by Crippen LogP contribution is -2.57. The Hall–Kier alpha value is -1.84. The van der Waals surface area contributed by atoms with Crippen LogP contribution >= 0.6 is 0 Å². The fourth-order valence-corrected chi connectivity index (χ4v) is 6.16. The van der Waals surface area contributed by atoms with Crippen molar-refractivity contribution in [1.29, 1.82) is 0 Å². The highest BCUT2D eigenvalue weighted by molar-refractivity contribution is 5.87. The van der Waals surface area contributed by atoms with Gasteiger partial charge in [0, 0.05) is 0 Å². The summed E-state index contributed by atoms with van der Waals surface area (Å²) >= 11 is 0. The van der Waals surface area contributed by atoms with Crippen LogP contribution in [-0.2, 0) is 21.4 Å². The number of fused-ring (bicyclic) bond motifs is 3. The zero-order chi connectivity index (χ0) is 22.3. The van der Waals surface area contributed by atoms with Gasteiger partial charge in [-0.1, -0.05) is 66.2 Å². The van der Waals surface area contributed by atoms with Gasteiger partial charge in [0.15, 0.2) is 0 Å². The Bertz CT molecular complexity index is 814. The van der Waals surface area contributed by atoms with E-state index in [9.17, 15) is 14.7 Å². The van der Waals surface area contributed by atoms with Crippen molar-refractivity contribution in [2.24, 2.45) is 17.3 Å². The van der Waals surface area contributed by atoms with Crippen LogP contribution in [-0.4, -0.2) is 23.0 Å². The van der Waals surface area contributed by atoms with Crippen molar-refractivity contribution in [3.05, 3.63) is 34.9 Å². The Morgan fingerprint density at radius 2 is 1.87 bits per heavy atom. The molecule has 0 unspecified atom stereocenters. The molecule has 1 amide bonds. The number of rotatable bonds is 6. The van der Waals surface area contributed by atoms with Crippen LogP contribution in [0.3, 0.4) is 0 Å². The lowest BCUT2D eigenvalue weighted by atomic mass is 9.49. The second kappa shape index (κ2) is 8.36. The summed E-state index contributed by atoms with van der Waals surface area (Å²) in [7, 11) is 0. The first-order chi connectivity index (χ1) is 14.0. The number of hydrogen-bond acceptors (Lipinski definition) is 2. The highest BCUT2D eigenvalue weighted by atomic mass is 16.4. The van der Waals surface area contributed by atoms with Gasteiger partial charge in [-0.3, -0.25) is 4.79 Å². The highest BCUT2D eigenvalue weighted by Crippen LogP contribution is 2.57. The molecule has 0 aromatic heterocycles. The first kappa shape index (κ1) is 22.8. The van der Waals surface area contributed by atoms with Crippen LogP contribution in [0.4, 0.5) is 0 Å². The zero-order valence-electron chi connectivity index (χ0n) is 19.5. The molecule has 0 heterocycles. The van der Waals surface area contributed by atoms with Crippen LogP contribution in [0, 0.1) is 17.3 Å². The molecular weight excluding hydrogens is 374 g/mol. The lowest BCUT2D eigenvalue weighted by molar-refractivity contribution is -0.147. The van der Waals surface area contributed by atoms with Gasteiger partial charge in [0.25, 0.3) is 0 Å². The van der Waals surface area contributed by atoms with Crippen molar-refractivity contribution >= 4 is 11.9 Å². The zero-order valence-corrected chi connectivity index (χ0v) is 19.5. The van der Waals surface area contributed by atoms with E-state index in [4.69, 9.17) is 0 Å². The summed E-state index contributed by atoms with van der Waals surface area (Å²) in [5, 5.41) is 12.5. The quantitative estimate of drug-likeness (QED) is 0.653. The number of hydrogen-bond donors (Lipinski definition) is 2. The standard InChI is InChI=1S/C26H39NO3/c1-16(2)14-21(23(28)29)27-24(30)26(6)13-7-12-25(5)20-10-8-18(17(3)4)15-19(20)9-11-22(25)26/h8,10,15-17,21-22H,7,9,11-14H2,1-6H3,(H,27,30)(H,28,29)/t21-,22+,25+,26+/m0/s1. The van der Waals surface area contributed by atoms with Gasteiger partial charge in [-0.25, -0.2) is 4.79 Å². The predicted octanol–water partition coefficient (Wildman–Crippen LogP) is 5.44. The van der Waals surface area contributed by atoms with E-state index >= 15 is 0 Å². The molecule has 0 radical (unpaired) electrons. The number of carbonyl (C=O) groups is 2. The first-order valence-electron chi connectivity index (χ1n) is 11.7. The van der Waals surface area contributed by atoms with E-state index in [1.807, 2.05) is 13.8 Å². The largest absolute Gasteiger partial charge is 0.480 e. The van der Waals surface area contributed by atoms with E-state index < -0.39 is 17.4 Å². The molecule has 0 saturated heterocycles. The molecule has 1 aromatic rings. The maximum Gasteiger partial charge on any atom is 0.326 e. The molecule has 0 spiro atoms. The third kappa shape index (κ3) is 4.02. The van der Waals surface area contributed by atoms with Crippen LogP contribution in [0.5, 0.6) is 0 Å². The fraction of sp³-hybridized carbons (Fsp3) is 0.692. The monoisotopic (exact) mass is 413 g/mol. The molecule has 1 aromatic carbocycles. The van der Waals surface area contributed by atoms with Gasteiger partial charge in [-0.2, -0.15) is 0 Å². The Kier molecular flexibility index (Phi) is 6.36. The Balaban J connectivity index is 1.91. The molecule has 30 heavy (non-hydrogen) atoms. The molecule has 0 bridgehead atoms. The van der Waals surface area contributed by atoms with Crippen molar-refractivity contribution in [3.63, 3.8) is 0 Å². The summed E-state index contributed by atoms with van der Waals surface area (Å²) in [6, 6.07) is 6.12. The predicted molar refractivity (Wildman–Crippen MR) is 121 cm³/mol. The average Bonchev–Trinajstić information content (AvgIpc) is 2.66. The summed E-state index contributed by atoms with van der Waals surface area (Å²) in [6.45, 7) is 12.8. The Morgan fingerprint density at radius 1 is 1.17 bits per heavy atom. The number of carbonyl (C=O) groups excluding carboxylic acids is 1.